The topological polar surface area (TPSA) is 29.9 Å². The Kier molecular flexibility index (Phi) is 2.88. The molecule has 1 N–H and O–H groups in total. The second kappa shape index (κ2) is 4.53. The molecule has 0 bridgehead atoms. The molecule has 1 aromatic heterocycles. The fraction of sp³-hybridized carbons (Fsp3) is 0.357. The molecule has 3 nitrogen and oxygen atoms in total. The van der Waals surface area contributed by atoms with E-state index < -0.39 is 0 Å². The average Bonchev–Trinajstić information content (AvgIpc) is 3.09. The van der Waals surface area contributed by atoms with Crippen molar-refractivity contribution in [1.82, 2.24) is 14.9 Å². The molecule has 0 amide bonds. The molecule has 94 valence electrons. The number of imidazole rings is 1. The molecule has 1 aromatic carbocycles. The predicted octanol–water partition coefficient (Wildman–Crippen LogP) is 2.48. The summed E-state index contributed by atoms with van der Waals surface area (Å²) in [6.07, 6.45) is 6.11. The summed E-state index contributed by atoms with van der Waals surface area (Å²) in [4.78, 5) is 4.30. The molecule has 1 heterocycles. The Bertz CT molecular complexity index is 558. The van der Waals surface area contributed by atoms with Gasteiger partial charge in [0, 0.05) is 37.6 Å². The molecule has 18 heavy (non-hydrogen) atoms. The fourth-order valence-corrected chi connectivity index (χ4v) is 2.08. The van der Waals surface area contributed by atoms with Crippen LogP contribution in [0.15, 0.2) is 30.6 Å². The molecule has 2 aromatic rings. The van der Waals surface area contributed by atoms with Gasteiger partial charge in [-0.25, -0.2) is 9.37 Å². The van der Waals surface area contributed by atoms with Crippen molar-refractivity contribution in [3.63, 3.8) is 0 Å². The Morgan fingerprint density at radius 2 is 2.28 bits per heavy atom. The van der Waals surface area contributed by atoms with Crippen molar-refractivity contribution in [2.45, 2.75) is 25.4 Å². The summed E-state index contributed by atoms with van der Waals surface area (Å²) in [6.45, 7) is 0.771. The van der Waals surface area contributed by atoms with Crippen LogP contribution in [0.25, 0.3) is 11.4 Å². The number of aromatic nitrogens is 2. The molecule has 1 aliphatic carbocycles. The van der Waals surface area contributed by atoms with E-state index in [2.05, 4.69) is 10.3 Å². The lowest BCUT2D eigenvalue weighted by Crippen LogP contribution is -2.16. The van der Waals surface area contributed by atoms with E-state index in [0.717, 1.165) is 23.5 Å². The maximum atomic E-state index is 13.4. The number of aryl methyl sites for hydroxylation is 1. The first-order chi connectivity index (χ1) is 8.74. The highest BCUT2D eigenvalue weighted by molar-refractivity contribution is 5.60. The molecule has 0 atom stereocenters. The van der Waals surface area contributed by atoms with Crippen molar-refractivity contribution in [1.29, 1.82) is 0 Å². The summed E-state index contributed by atoms with van der Waals surface area (Å²) in [6, 6.07) is 5.56. The van der Waals surface area contributed by atoms with Gasteiger partial charge in [-0.15, -0.1) is 0 Å². The van der Waals surface area contributed by atoms with Gasteiger partial charge in [-0.2, -0.15) is 0 Å². The van der Waals surface area contributed by atoms with Crippen molar-refractivity contribution in [3.05, 3.63) is 42.0 Å². The van der Waals surface area contributed by atoms with Gasteiger partial charge in [0.25, 0.3) is 0 Å². The van der Waals surface area contributed by atoms with E-state index in [9.17, 15) is 4.39 Å². The van der Waals surface area contributed by atoms with Gasteiger partial charge >= 0.3 is 0 Å². The Labute approximate surface area is 106 Å². The quantitative estimate of drug-likeness (QED) is 0.896. The lowest BCUT2D eigenvalue weighted by atomic mass is 10.1. The summed E-state index contributed by atoms with van der Waals surface area (Å²) in [5, 5.41) is 3.45. The van der Waals surface area contributed by atoms with Crippen LogP contribution in [0.4, 0.5) is 4.39 Å². The molecule has 1 fully saturated rings. The molecular formula is C14H16FN3. The molecule has 1 saturated carbocycles. The Balaban J connectivity index is 1.94. The van der Waals surface area contributed by atoms with E-state index in [-0.39, 0.29) is 5.82 Å². The molecule has 0 unspecified atom stereocenters. The summed E-state index contributed by atoms with van der Waals surface area (Å²) < 4.78 is 15.3. The van der Waals surface area contributed by atoms with Gasteiger partial charge in [0.15, 0.2) is 0 Å². The third kappa shape index (κ3) is 2.29. The van der Waals surface area contributed by atoms with E-state index in [0.29, 0.717) is 6.04 Å². The van der Waals surface area contributed by atoms with E-state index in [1.165, 1.54) is 18.9 Å². The highest BCUT2D eigenvalue weighted by atomic mass is 19.1. The third-order valence-electron chi connectivity index (χ3n) is 3.29. The maximum Gasteiger partial charge on any atom is 0.140 e. The zero-order chi connectivity index (χ0) is 12.5. The first-order valence-corrected chi connectivity index (χ1v) is 6.23. The Hall–Kier alpha value is -1.68. The Morgan fingerprint density at radius 3 is 2.94 bits per heavy atom. The van der Waals surface area contributed by atoms with Crippen LogP contribution in [-0.2, 0) is 13.6 Å². The van der Waals surface area contributed by atoms with Crippen LogP contribution in [-0.4, -0.2) is 15.6 Å². The number of nitrogens with zero attached hydrogens (tertiary/aromatic N) is 2. The molecule has 4 heteroatoms. The third-order valence-corrected chi connectivity index (χ3v) is 3.29. The summed E-state index contributed by atoms with van der Waals surface area (Å²) in [7, 11) is 1.92. The minimum Gasteiger partial charge on any atom is -0.334 e. The van der Waals surface area contributed by atoms with E-state index >= 15 is 0 Å². The van der Waals surface area contributed by atoms with Crippen molar-refractivity contribution in [2.24, 2.45) is 7.05 Å². The van der Waals surface area contributed by atoms with Crippen molar-refractivity contribution >= 4 is 0 Å². The lowest BCUT2D eigenvalue weighted by molar-refractivity contribution is 0.625. The first kappa shape index (κ1) is 11.4. The minimum atomic E-state index is -0.219. The van der Waals surface area contributed by atoms with Gasteiger partial charge in [0.1, 0.15) is 11.6 Å². The molecule has 3 rings (SSSR count). The number of hydrogen-bond acceptors (Lipinski definition) is 2. The smallest absolute Gasteiger partial charge is 0.140 e. The van der Waals surface area contributed by atoms with E-state index in [1.54, 1.807) is 12.3 Å². The zero-order valence-corrected chi connectivity index (χ0v) is 10.4. The molecule has 0 spiro atoms. The Morgan fingerprint density at radius 1 is 1.44 bits per heavy atom. The van der Waals surface area contributed by atoms with Crippen molar-refractivity contribution in [2.75, 3.05) is 0 Å². The second-order valence-electron chi connectivity index (χ2n) is 4.82. The number of halogens is 1. The monoisotopic (exact) mass is 245 g/mol. The molecule has 0 radical (unpaired) electrons. The fourth-order valence-electron chi connectivity index (χ4n) is 2.08. The van der Waals surface area contributed by atoms with E-state index in [4.69, 9.17) is 0 Å². The number of nitrogens with one attached hydrogen (secondary N) is 1. The van der Waals surface area contributed by atoms with Crippen LogP contribution in [0.3, 0.4) is 0 Å². The minimum absolute atomic E-state index is 0.219. The van der Waals surface area contributed by atoms with Crippen LogP contribution >= 0.6 is 0 Å². The predicted molar refractivity (Wildman–Crippen MR) is 68.5 cm³/mol. The van der Waals surface area contributed by atoms with Gasteiger partial charge in [-0.1, -0.05) is 6.07 Å². The van der Waals surface area contributed by atoms with Crippen LogP contribution in [0.2, 0.25) is 0 Å². The van der Waals surface area contributed by atoms with Crippen LogP contribution < -0.4 is 5.32 Å². The molecule has 0 saturated heterocycles. The van der Waals surface area contributed by atoms with Gasteiger partial charge in [-0.05, 0) is 30.5 Å². The van der Waals surface area contributed by atoms with Crippen LogP contribution in [0.5, 0.6) is 0 Å². The number of rotatable bonds is 4. The maximum absolute atomic E-state index is 13.4. The lowest BCUT2D eigenvalue weighted by Gasteiger charge is -2.10. The van der Waals surface area contributed by atoms with E-state index in [1.807, 2.05) is 23.9 Å². The van der Waals surface area contributed by atoms with Gasteiger partial charge < -0.3 is 9.88 Å². The molecule has 1 aliphatic rings. The standard InChI is InChI=1S/C14H16FN3/c1-18-7-6-16-14(18)13-8-11(15)3-2-10(13)9-17-12-4-5-12/h2-3,6-8,12,17H,4-5,9H2,1H3. The number of hydrogen-bond donors (Lipinski definition) is 1. The average molecular weight is 245 g/mol. The summed E-state index contributed by atoms with van der Waals surface area (Å²) >= 11 is 0. The van der Waals surface area contributed by atoms with Crippen LogP contribution in [0, 0.1) is 5.82 Å². The second-order valence-corrected chi connectivity index (χ2v) is 4.82. The normalized spacial score (nSPS) is 15.0. The molecule has 0 aliphatic heterocycles. The largest absolute Gasteiger partial charge is 0.334 e. The van der Waals surface area contributed by atoms with Gasteiger partial charge in [0.2, 0.25) is 0 Å². The van der Waals surface area contributed by atoms with Gasteiger partial charge in [0.05, 0.1) is 0 Å². The number of benzene rings is 1. The van der Waals surface area contributed by atoms with Crippen molar-refractivity contribution < 1.29 is 4.39 Å². The highest BCUT2D eigenvalue weighted by Gasteiger charge is 2.21. The zero-order valence-electron chi connectivity index (χ0n) is 10.4. The van der Waals surface area contributed by atoms with Crippen LogP contribution in [0.1, 0.15) is 18.4 Å². The first-order valence-electron chi connectivity index (χ1n) is 6.23. The molecular weight excluding hydrogens is 229 g/mol. The summed E-state index contributed by atoms with van der Waals surface area (Å²) in [5.74, 6) is 0.588. The van der Waals surface area contributed by atoms with Gasteiger partial charge in [-0.3, -0.25) is 0 Å². The SMILES string of the molecule is Cn1ccnc1-c1cc(F)ccc1CNC1CC1. The summed E-state index contributed by atoms with van der Waals surface area (Å²) in [5.41, 5.74) is 1.97. The highest BCUT2D eigenvalue weighted by Crippen LogP contribution is 2.25. The van der Waals surface area contributed by atoms with Crippen molar-refractivity contribution in [3.8, 4) is 11.4 Å².